The molecule has 1 atom stereocenters. The summed E-state index contributed by atoms with van der Waals surface area (Å²) in [7, 11) is 2.15. The molecule has 1 aromatic rings. The van der Waals surface area contributed by atoms with Gasteiger partial charge < -0.3 is 19.0 Å². The van der Waals surface area contributed by atoms with Crippen molar-refractivity contribution in [1.82, 2.24) is 14.7 Å². The fourth-order valence-corrected chi connectivity index (χ4v) is 3.11. The minimum Gasteiger partial charge on any atom is -0.469 e. The number of hydrogen-bond donors (Lipinski definition) is 0. The number of nitrogens with zero attached hydrogens (tertiary/aromatic N) is 3. The van der Waals surface area contributed by atoms with Crippen LogP contribution < -0.4 is 0 Å². The van der Waals surface area contributed by atoms with E-state index in [1.807, 2.05) is 11.8 Å². The molecule has 22 heavy (non-hydrogen) atoms. The van der Waals surface area contributed by atoms with E-state index in [0.717, 1.165) is 32.7 Å². The van der Waals surface area contributed by atoms with E-state index in [1.54, 1.807) is 12.3 Å². The van der Waals surface area contributed by atoms with Crippen LogP contribution in [0.1, 0.15) is 16.1 Å². The quantitative estimate of drug-likeness (QED) is 0.822. The monoisotopic (exact) mass is 307 g/mol. The van der Waals surface area contributed by atoms with E-state index < -0.39 is 0 Å². The third-order valence-corrected chi connectivity index (χ3v) is 4.57. The number of carbonyl (C=O) groups excluding carboxylic acids is 1. The molecule has 0 saturated carbocycles. The second-order valence-electron chi connectivity index (χ2n) is 6.24. The van der Waals surface area contributed by atoms with Crippen LogP contribution in [0.3, 0.4) is 0 Å². The summed E-state index contributed by atoms with van der Waals surface area (Å²) in [6.45, 7) is 9.01. The van der Waals surface area contributed by atoms with Crippen LogP contribution in [0.2, 0.25) is 0 Å². The number of aryl methyl sites for hydroxylation is 1. The maximum atomic E-state index is 12.6. The normalized spacial score (nSPS) is 24.6. The third-order valence-electron chi connectivity index (χ3n) is 4.57. The van der Waals surface area contributed by atoms with Gasteiger partial charge in [0.1, 0.15) is 5.76 Å². The van der Waals surface area contributed by atoms with Crippen LogP contribution in [-0.2, 0) is 4.74 Å². The van der Waals surface area contributed by atoms with Crippen molar-refractivity contribution in [1.29, 1.82) is 0 Å². The van der Waals surface area contributed by atoms with Gasteiger partial charge in [0, 0.05) is 45.8 Å². The Kier molecular flexibility index (Phi) is 4.81. The van der Waals surface area contributed by atoms with Crippen molar-refractivity contribution in [3.05, 3.63) is 23.7 Å². The maximum Gasteiger partial charge on any atom is 0.257 e. The number of amides is 1. The number of hydrogen-bond acceptors (Lipinski definition) is 5. The van der Waals surface area contributed by atoms with Crippen molar-refractivity contribution in [3.8, 4) is 0 Å². The first-order chi connectivity index (χ1) is 10.6. The summed E-state index contributed by atoms with van der Waals surface area (Å²) in [5, 5.41) is 0. The number of piperazine rings is 1. The summed E-state index contributed by atoms with van der Waals surface area (Å²) < 4.78 is 11.1. The Morgan fingerprint density at radius 3 is 2.73 bits per heavy atom. The Balaban J connectivity index is 1.55. The number of carbonyl (C=O) groups is 1. The summed E-state index contributed by atoms with van der Waals surface area (Å²) in [5.74, 6) is 0.741. The maximum absolute atomic E-state index is 12.6. The Labute approximate surface area is 131 Å². The van der Waals surface area contributed by atoms with E-state index in [2.05, 4.69) is 16.8 Å². The van der Waals surface area contributed by atoms with Gasteiger partial charge in [-0.05, 0) is 20.0 Å². The molecule has 6 nitrogen and oxygen atoms in total. The molecule has 0 N–H and O–H groups in total. The molecule has 0 spiro atoms. The second kappa shape index (κ2) is 6.81. The molecule has 2 saturated heterocycles. The Bertz CT molecular complexity index is 508. The van der Waals surface area contributed by atoms with Crippen LogP contribution in [0.5, 0.6) is 0 Å². The van der Waals surface area contributed by atoms with Gasteiger partial charge in [-0.2, -0.15) is 0 Å². The van der Waals surface area contributed by atoms with Crippen LogP contribution in [-0.4, -0.2) is 86.2 Å². The molecule has 0 aromatic carbocycles. The van der Waals surface area contributed by atoms with E-state index in [4.69, 9.17) is 9.15 Å². The Morgan fingerprint density at radius 1 is 1.27 bits per heavy atom. The highest BCUT2D eigenvalue weighted by Crippen LogP contribution is 2.16. The first-order valence-corrected chi connectivity index (χ1v) is 7.99. The molecule has 1 amide bonds. The average Bonchev–Trinajstić information content (AvgIpc) is 2.95. The lowest BCUT2D eigenvalue weighted by atomic mass is 10.2. The van der Waals surface area contributed by atoms with Crippen molar-refractivity contribution >= 4 is 5.91 Å². The molecule has 3 rings (SSSR count). The van der Waals surface area contributed by atoms with Crippen LogP contribution in [0.15, 0.2) is 16.7 Å². The zero-order valence-corrected chi connectivity index (χ0v) is 13.5. The fourth-order valence-electron chi connectivity index (χ4n) is 3.11. The van der Waals surface area contributed by atoms with Crippen molar-refractivity contribution < 1.29 is 13.9 Å². The van der Waals surface area contributed by atoms with Crippen LogP contribution in [0.25, 0.3) is 0 Å². The minimum absolute atomic E-state index is 0.0536. The number of furan rings is 1. The molecule has 122 valence electrons. The largest absolute Gasteiger partial charge is 0.469 e. The van der Waals surface area contributed by atoms with Gasteiger partial charge in [0.15, 0.2) is 0 Å². The predicted molar refractivity (Wildman–Crippen MR) is 83.0 cm³/mol. The summed E-state index contributed by atoms with van der Waals surface area (Å²) >= 11 is 0. The van der Waals surface area contributed by atoms with E-state index in [0.29, 0.717) is 31.0 Å². The molecule has 0 aliphatic carbocycles. The van der Waals surface area contributed by atoms with Crippen molar-refractivity contribution in [2.75, 3.05) is 59.5 Å². The average molecular weight is 307 g/mol. The molecule has 2 fully saturated rings. The Morgan fingerprint density at radius 2 is 2.05 bits per heavy atom. The molecule has 1 aromatic heterocycles. The highest BCUT2D eigenvalue weighted by atomic mass is 16.5. The van der Waals surface area contributed by atoms with Crippen LogP contribution in [0.4, 0.5) is 0 Å². The van der Waals surface area contributed by atoms with Gasteiger partial charge in [-0.1, -0.05) is 0 Å². The van der Waals surface area contributed by atoms with Crippen molar-refractivity contribution in [2.24, 2.45) is 0 Å². The zero-order valence-electron chi connectivity index (χ0n) is 13.5. The van der Waals surface area contributed by atoms with Crippen molar-refractivity contribution in [3.63, 3.8) is 0 Å². The van der Waals surface area contributed by atoms with Gasteiger partial charge in [0.25, 0.3) is 5.91 Å². The molecule has 0 radical (unpaired) electrons. The van der Waals surface area contributed by atoms with Gasteiger partial charge in [-0.25, -0.2) is 0 Å². The molecular weight excluding hydrogens is 282 g/mol. The second-order valence-corrected chi connectivity index (χ2v) is 6.24. The number of ether oxygens (including phenoxy) is 1. The molecule has 0 bridgehead atoms. The predicted octanol–water partition coefficient (Wildman–Crippen LogP) is 0.676. The number of likely N-dealkylation sites (N-methyl/N-ethyl adjacent to an activating group) is 1. The van der Waals surface area contributed by atoms with E-state index in [-0.39, 0.29) is 12.0 Å². The summed E-state index contributed by atoms with van der Waals surface area (Å²) in [6, 6.07) is 1.75. The Hall–Kier alpha value is -1.37. The smallest absolute Gasteiger partial charge is 0.257 e. The molecule has 6 heteroatoms. The van der Waals surface area contributed by atoms with E-state index >= 15 is 0 Å². The highest BCUT2D eigenvalue weighted by molar-refractivity contribution is 5.95. The summed E-state index contributed by atoms with van der Waals surface area (Å²) in [4.78, 5) is 19.2. The van der Waals surface area contributed by atoms with Gasteiger partial charge in [-0.3, -0.25) is 9.69 Å². The van der Waals surface area contributed by atoms with E-state index in [1.165, 1.54) is 0 Å². The minimum atomic E-state index is 0.0536. The van der Waals surface area contributed by atoms with Gasteiger partial charge in [0.05, 0.1) is 24.5 Å². The van der Waals surface area contributed by atoms with E-state index in [9.17, 15) is 4.79 Å². The number of morpholine rings is 1. The van der Waals surface area contributed by atoms with Crippen molar-refractivity contribution in [2.45, 2.75) is 13.0 Å². The fraction of sp³-hybridized carbons (Fsp3) is 0.688. The lowest BCUT2D eigenvalue weighted by Gasteiger charge is -2.38. The zero-order chi connectivity index (χ0) is 15.5. The number of rotatable bonds is 3. The lowest BCUT2D eigenvalue weighted by molar-refractivity contribution is -0.0400. The molecular formula is C16H25N3O3. The standard InChI is InChI=1S/C16H25N3O3/c1-13-15(3-9-21-13)16(20)19-8-10-22-14(12-19)11-18-6-4-17(2)5-7-18/h3,9,14H,4-8,10-12H2,1-2H3. The van der Waals surface area contributed by atoms with Gasteiger partial charge in [0.2, 0.25) is 0 Å². The third kappa shape index (κ3) is 3.51. The molecule has 1 unspecified atom stereocenters. The van der Waals surface area contributed by atoms with Crippen LogP contribution >= 0.6 is 0 Å². The van der Waals surface area contributed by atoms with Gasteiger partial charge in [-0.15, -0.1) is 0 Å². The first-order valence-electron chi connectivity index (χ1n) is 7.99. The highest BCUT2D eigenvalue weighted by Gasteiger charge is 2.28. The topological polar surface area (TPSA) is 49.2 Å². The molecule has 2 aliphatic heterocycles. The lowest BCUT2D eigenvalue weighted by Crippen LogP contribution is -2.52. The summed E-state index contributed by atoms with van der Waals surface area (Å²) in [5.41, 5.74) is 0.667. The van der Waals surface area contributed by atoms with Crippen LogP contribution in [0, 0.1) is 6.92 Å². The SMILES string of the molecule is Cc1occc1C(=O)N1CCOC(CN2CCN(C)CC2)C1. The summed E-state index contributed by atoms with van der Waals surface area (Å²) in [6.07, 6.45) is 1.68. The molecule has 2 aliphatic rings. The molecule has 3 heterocycles. The van der Waals surface area contributed by atoms with Gasteiger partial charge >= 0.3 is 0 Å². The first kappa shape index (κ1) is 15.5.